The molecule has 0 radical (unpaired) electrons. The van der Waals surface area contributed by atoms with Gasteiger partial charge in [-0.15, -0.1) is 0 Å². The molecule has 280 valence electrons. The second-order valence-corrected chi connectivity index (χ2v) is 15.9. The van der Waals surface area contributed by atoms with Crippen molar-refractivity contribution in [3.63, 3.8) is 0 Å². The van der Waals surface area contributed by atoms with Gasteiger partial charge in [-0.3, -0.25) is 0 Å². The van der Waals surface area contributed by atoms with E-state index in [2.05, 4.69) is 187 Å². The maximum atomic E-state index is 10.1. The Bertz CT molecular complexity index is 3470. The van der Waals surface area contributed by atoms with Crippen molar-refractivity contribution in [1.82, 2.24) is 9.13 Å². The molecule has 2 heterocycles. The fourth-order valence-corrected chi connectivity index (χ4v) is 9.37. The highest BCUT2D eigenvalue weighted by Gasteiger charge is 2.25. The lowest BCUT2D eigenvalue weighted by Gasteiger charge is -2.21. The van der Waals surface area contributed by atoms with Gasteiger partial charge in [0.2, 0.25) is 5.69 Å². The zero-order valence-corrected chi connectivity index (χ0v) is 33.7. The summed E-state index contributed by atoms with van der Waals surface area (Å²) in [5.74, 6) is 0. The number of para-hydroxylation sites is 2. The lowest BCUT2D eigenvalue weighted by Crippen LogP contribution is -2.03. The molecule has 59 heavy (non-hydrogen) atoms. The van der Waals surface area contributed by atoms with Crippen molar-refractivity contribution >= 4 is 49.3 Å². The SMILES string of the molecule is [C-]#[N+]c1c(-n2c3ccccc3c3ccc(-c4ccc(C)cc4C)cc32)ccc(-c2cc(C)cc(C#N)c2)c1-n1c2ccccc2c2ccc(-c3ccc(C)cc3C)cc21. The molecule has 4 heteroatoms. The first-order valence-electron chi connectivity index (χ1n) is 20.0. The minimum absolute atomic E-state index is 0.529. The van der Waals surface area contributed by atoms with Gasteiger partial charge in [-0.1, -0.05) is 120 Å². The van der Waals surface area contributed by atoms with Crippen molar-refractivity contribution in [2.75, 3.05) is 0 Å². The number of hydrogen-bond donors (Lipinski definition) is 0. The summed E-state index contributed by atoms with van der Waals surface area (Å²) in [4.78, 5) is 4.51. The fraction of sp³-hybridized carbons (Fsp3) is 0.0909. The van der Waals surface area contributed by atoms with Crippen LogP contribution in [0.3, 0.4) is 0 Å². The highest BCUT2D eigenvalue weighted by Crippen LogP contribution is 2.47. The molecule has 0 saturated carbocycles. The highest BCUT2D eigenvalue weighted by atomic mass is 15.1. The van der Waals surface area contributed by atoms with Crippen molar-refractivity contribution in [2.24, 2.45) is 0 Å². The zero-order chi connectivity index (χ0) is 40.5. The first-order valence-corrected chi connectivity index (χ1v) is 20.0. The number of nitriles is 1. The number of fused-ring (bicyclic) bond motifs is 6. The molecule has 0 saturated heterocycles. The van der Waals surface area contributed by atoms with Crippen LogP contribution in [0.1, 0.15) is 33.4 Å². The summed E-state index contributed by atoms with van der Waals surface area (Å²) in [7, 11) is 0. The molecule has 0 atom stereocenters. The first kappa shape index (κ1) is 35.7. The maximum absolute atomic E-state index is 10.1. The predicted octanol–water partition coefficient (Wildman–Crippen LogP) is 14.8. The van der Waals surface area contributed by atoms with Crippen molar-refractivity contribution in [1.29, 1.82) is 5.26 Å². The molecule has 10 rings (SSSR count). The first-order chi connectivity index (χ1) is 28.7. The molecular weight excluding hydrogens is 717 g/mol. The fourth-order valence-electron chi connectivity index (χ4n) is 9.37. The van der Waals surface area contributed by atoms with Crippen LogP contribution in [0.2, 0.25) is 0 Å². The lowest BCUT2D eigenvalue weighted by molar-refractivity contribution is 1.14. The second kappa shape index (κ2) is 13.8. The molecule has 0 aliphatic rings. The summed E-state index contributed by atoms with van der Waals surface area (Å²) in [6, 6.07) is 56.3. The second-order valence-electron chi connectivity index (χ2n) is 15.9. The molecule has 0 aliphatic carbocycles. The Labute approximate surface area is 344 Å². The zero-order valence-electron chi connectivity index (χ0n) is 33.7. The summed E-state index contributed by atoms with van der Waals surface area (Å²) in [5.41, 5.74) is 19.1. The van der Waals surface area contributed by atoms with Crippen LogP contribution in [0, 0.1) is 52.5 Å². The number of rotatable bonds is 5. The predicted molar refractivity (Wildman–Crippen MR) is 246 cm³/mol. The van der Waals surface area contributed by atoms with Gasteiger partial charge in [0.1, 0.15) is 0 Å². The Morgan fingerprint density at radius 1 is 0.458 bits per heavy atom. The van der Waals surface area contributed by atoms with Crippen LogP contribution in [0.15, 0.2) is 152 Å². The standard InChI is InChI=1S/C55H40N4/c1-33-15-19-42(36(4)25-33)39-17-21-47-45-11-7-9-13-49(45)58(52(47)30-39)51-24-23-44(41-28-35(3)27-38(29-41)32-56)55(54(51)57-6)59-50-14-10-8-12-46(50)48-22-18-40(31-53(48)59)43-20-16-34(2)26-37(43)5/h7-31H,1-5H3. The van der Waals surface area contributed by atoms with Crippen LogP contribution in [0.25, 0.3) is 93.2 Å². The summed E-state index contributed by atoms with van der Waals surface area (Å²) in [6.45, 7) is 19.8. The van der Waals surface area contributed by atoms with E-state index < -0.39 is 0 Å². The van der Waals surface area contributed by atoms with E-state index in [-0.39, 0.29) is 0 Å². The average Bonchev–Trinajstić information content (AvgIpc) is 3.74. The van der Waals surface area contributed by atoms with E-state index in [1.165, 1.54) is 33.4 Å². The number of hydrogen-bond acceptors (Lipinski definition) is 1. The molecule has 0 fully saturated rings. The van der Waals surface area contributed by atoms with Crippen LogP contribution in [-0.2, 0) is 0 Å². The maximum Gasteiger partial charge on any atom is 0.234 e. The molecule has 0 unspecified atom stereocenters. The van der Waals surface area contributed by atoms with Crippen LogP contribution in [0.5, 0.6) is 0 Å². The highest BCUT2D eigenvalue weighted by molar-refractivity contribution is 6.13. The number of aromatic nitrogens is 2. The topological polar surface area (TPSA) is 38.0 Å². The van der Waals surface area contributed by atoms with E-state index in [4.69, 9.17) is 6.57 Å². The summed E-state index contributed by atoms with van der Waals surface area (Å²) < 4.78 is 4.58. The van der Waals surface area contributed by atoms with E-state index in [0.717, 1.165) is 82.8 Å². The van der Waals surface area contributed by atoms with Crippen LogP contribution >= 0.6 is 0 Å². The Morgan fingerprint density at radius 3 is 1.54 bits per heavy atom. The third-order valence-corrected chi connectivity index (χ3v) is 12.0. The molecule has 0 aliphatic heterocycles. The molecule has 2 aromatic heterocycles. The summed E-state index contributed by atoms with van der Waals surface area (Å²) in [6.07, 6.45) is 0. The quantitative estimate of drug-likeness (QED) is 0.161. The van der Waals surface area contributed by atoms with E-state index in [1.54, 1.807) is 0 Å². The van der Waals surface area contributed by atoms with Crippen LogP contribution < -0.4 is 0 Å². The van der Waals surface area contributed by atoms with E-state index in [0.29, 0.717) is 11.3 Å². The molecular formula is C55H40N4. The average molecular weight is 757 g/mol. The van der Waals surface area contributed by atoms with E-state index >= 15 is 0 Å². The van der Waals surface area contributed by atoms with E-state index in [9.17, 15) is 5.26 Å². The number of nitrogens with zero attached hydrogens (tertiary/aromatic N) is 4. The summed E-state index contributed by atoms with van der Waals surface area (Å²) >= 11 is 0. The minimum Gasteiger partial charge on any atom is -0.319 e. The van der Waals surface area contributed by atoms with Gasteiger partial charge in [0.15, 0.2) is 0 Å². The Morgan fingerprint density at radius 2 is 0.983 bits per heavy atom. The van der Waals surface area contributed by atoms with Gasteiger partial charge in [0.25, 0.3) is 0 Å². The smallest absolute Gasteiger partial charge is 0.234 e. The monoisotopic (exact) mass is 756 g/mol. The molecule has 8 aromatic carbocycles. The molecule has 0 bridgehead atoms. The Kier molecular flexibility index (Phi) is 8.34. The van der Waals surface area contributed by atoms with Crippen molar-refractivity contribution in [3.05, 3.63) is 196 Å². The van der Waals surface area contributed by atoms with Gasteiger partial charge in [-0.25, -0.2) is 4.85 Å². The molecule has 4 nitrogen and oxygen atoms in total. The largest absolute Gasteiger partial charge is 0.319 e. The van der Waals surface area contributed by atoms with Gasteiger partial charge in [0.05, 0.1) is 51.6 Å². The Hall–Kier alpha value is -7.66. The molecule has 10 aromatic rings. The van der Waals surface area contributed by atoms with E-state index in [1.807, 2.05) is 19.1 Å². The van der Waals surface area contributed by atoms with Gasteiger partial charge in [-0.2, -0.15) is 5.26 Å². The number of benzene rings is 8. The van der Waals surface area contributed by atoms with Crippen molar-refractivity contribution in [3.8, 4) is 50.8 Å². The van der Waals surface area contributed by atoms with Gasteiger partial charge in [-0.05, 0) is 127 Å². The number of aryl methyl sites for hydroxylation is 5. The van der Waals surface area contributed by atoms with Crippen molar-refractivity contribution < 1.29 is 0 Å². The third kappa shape index (κ3) is 5.73. The van der Waals surface area contributed by atoms with Gasteiger partial charge < -0.3 is 9.13 Å². The normalized spacial score (nSPS) is 11.4. The van der Waals surface area contributed by atoms with Gasteiger partial charge in [0, 0.05) is 21.5 Å². The van der Waals surface area contributed by atoms with Crippen molar-refractivity contribution in [2.45, 2.75) is 34.6 Å². The van der Waals surface area contributed by atoms with Crippen LogP contribution in [0.4, 0.5) is 5.69 Å². The minimum atomic E-state index is 0.529. The summed E-state index contributed by atoms with van der Waals surface area (Å²) in [5, 5.41) is 14.6. The van der Waals surface area contributed by atoms with Gasteiger partial charge >= 0.3 is 0 Å². The third-order valence-electron chi connectivity index (χ3n) is 12.0. The lowest BCUT2D eigenvalue weighted by atomic mass is 9.96. The molecule has 0 N–H and O–H groups in total. The Balaban J connectivity index is 1.35. The van der Waals surface area contributed by atoms with Crippen LogP contribution in [-0.4, -0.2) is 9.13 Å². The molecule has 0 amide bonds. The molecule has 0 spiro atoms.